The molecule has 0 saturated carbocycles. The SMILES string of the molecule is C#CCNC(=O)OC(C)(C)C.CC(C)(C)OC(=O)NCC#Cc1cc(Cl)cc(N2CCOCC2)n1.Clc1cc(Cl)nc(N2CCOCC2)c1. The number of anilines is 2. The molecule has 0 aromatic carbocycles. The van der Waals surface area contributed by atoms with E-state index in [1.54, 1.807) is 53.7 Å². The molecule has 12 nitrogen and oxygen atoms in total. The normalized spacial score (nSPS) is 14.3. The van der Waals surface area contributed by atoms with E-state index in [9.17, 15) is 9.59 Å². The van der Waals surface area contributed by atoms with Gasteiger partial charge in [0.1, 0.15) is 33.7 Å². The van der Waals surface area contributed by atoms with Crippen LogP contribution in [0.4, 0.5) is 21.2 Å². The number of alkyl carbamates (subject to hydrolysis) is 2. The number of ether oxygens (including phenoxy) is 4. The van der Waals surface area contributed by atoms with Gasteiger partial charge in [-0.25, -0.2) is 19.6 Å². The van der Waals surface area contributed by atoms with Crippen LogP contribution in [0.3, 0.4) is 0 Å². The Balaban J connectivity index is 0.000000282. The van der Waals surface area contributed by atoms with Crippen molar-refractivity contribution in [1.29, 1.82) is 0 Å². The van der Waals surface area contributed by atoms with Crippen molar-refractivity contribution in [2.75, 3.05) is 75.5 Å². The number of rotatable bonds is 4. The summed E-state index contributed by atoms with van der Waals surface area (Å²) in [5, 5.41) is 6.60. The van der Waals surface area contributed by atoms with Gasteiger partial charge < -0.3 is 39.4 Å². The molecule has 2 saturated heterocycles. The lowest BCUT2D eigenvalue weighted by Crippen LogP contribution is -2.36. The van der Waals surface area contributed by atoms with E-state index in [2.05, 4.69) is 48.2 Å². The molecule has 2 aromatic heterocycles. The summed E-state index contributed by atoms with van der Waals surface area (Å²) in [7, 11) is 0. The minimum absolute atomic E-state index is 0.177. The lowest BCUT2D eigenvalue weighted by molar-refractivity contribution is 0.0523. The van der Waals surface area contributed by atoms with E-state index in [1.807, 2.05) is 12.1 Å². The van der Waals surface area contributed by atoms with Gasteiger partial charge in [0.15, 0.2) is 0 Å². The second kappa shape index (κ2) is 20.8. The molecule has 0 unspecified atom stereocenters. The third-order valence-corrected chi connectivity index (χ3v) is 6.49. The largest absolute Gasteiger partial charge is 0.444 e. The second-order valence-electron chi connectivity index (χ2n) is 12.4. The number of carbonyl (C=O) groups is 2. The van der Waals surface area contributed by atoms with Crippen molar-refractivity contribution in [2.45, 2.75) is 52.7 Å². The number of terminal acetylenes is 1. The Bertz CT molecular complexity index is 1450. The quantitative estimate of drug-likeness (QED) is 0.293. The number of pyridine rings is 2. The Morgan fingerprint density at radius 2 is 1.22 bits per heavy atom. The molecule has 2 aliphatic rings. The molecule has 2 amide bonds. The first-order chi connectivity index (χ1) is 23.0. The van der Waals surface area contributed by atoms with Crippen LogP contribution >= 0.6 is 34.8 Å². The second-order valence-corrected chi connectivity index (χ2v) is 13.7. The van der Waals surface area contributed by atoms with Crippen LogP contribution in [-0.2, 0) is 18.9 Å². The van der Waals surface area contributed by atoms with Crippen molar-refractivity contribution in [3.63, 3.8) is 0 Å². The average Bonchev–Trinajstić information content (AvgIpc) is 3.01. The molecule has 2 aromatic rings. The molecule has 2 fully saturated rings. The highest BCUT2D eigenvalue weighted by molar-refractivity contribution is 6.34. The van der Waals surface area contributed by atoms with Gasteiger partial charge in [-0.2, -0.15) is 0 Å². The Morgan fingerprint density at radius 1 is 0.776 bits per heavy atom. The van der Waals surface area contributed by atoms with Gasteiger partial charge in [-0.3, -0.25) is 0 Å². The fourth-order valence-electron chi connectivity index (χ4n) is 3.91. The molecule has 0 atom stereocenters. The lowest BCUT2D eigenvalue weighted by atomic mass is 10.2. The molecule has 4 rings (SSSR count). The number of nitrogens with one attached hydrogen (secondary N) is 2. The molecular formula is C34H45Cl3N6O6. The van der Waals surface area contributed by atoms with Crippen molar-refractivity contribution >= 4 is 58.6 Å². The van der Waals surface area contributed by atoms with Crippen molar-refractivity contribution in [1.82, 2.24) is 20.6 Å². The zero-order chi connectivity index (χ0) is 36.5. The van der Waals surface area contributed by atoms with E-state index >= 15 is 0 Å². The van der Waals surface area contributed by atoms with E-state index in [0.717, 1.165) is 51.0 Å². The highest BCUT2D eigenvalue weighted by Gasteiger charge is 2.17. The van der Waals surface area contributed by atoms with Crippen molar-refractivity contribution in [3.8, 4) is 24.2 Å². The number of halogens is 3. The summed E-state index contributed by atoms with van der Waals surface area (Å²) in [5.74, 6) is 9.64. The van der Waals surface area contributed by atoms with Crippen molar-refractivity contribution < 1.29 is 28.5 Å². The summed E-state index contributed by atoms with van der Waals surface area (Å²) in [6.45, 7) is 17.2. The maximum Gasteiger partial charge on any atom is 0.408 e. The highest BCUT2D eigenvalue weighted by atomic mass is 35.5. The van der Waals surface area contributed by atoms with Gasteiger partial charge >= 0.3 is 12.2 Å². The van der Waals surface area contributed by atoms with Gasteiger partial charge in [0, 0.05) is 36.2 Å². The number of nitrogens with zero attached hydrogens (tertiary/aromatic N) is 4. The van der Waals surface area contributed by atoms with Crippen LogP contribution in [0.15, 0.2) is 24.3 Å². The molecular weight excluding hydrogens is 695 g/mol. The van der Waals surface area contributed by atoms with E-state index in [-0.39, 0.29) is 13.1 Å². The van der Waals surface area contributed by atoms with Crippen LogP contribution in [-0.4, -0.2) is 99.1 Å². The van der Waals surface area contributed by atoms with Gasteiger partial charge in [-0.15, -0.1) is 6.42 Å². The summed E-state index contributed by atoms with van der Waals surface area (Å²) in [4.78, 5) is 35.3. The first-order valence-electron chi connectivity index (χ1n) is 15.6. The van der Waals surface area contributed by atoms with Gasteiger partial charge in [-0.05, 0) is 71.7 Å². The van der Waals surface area contributed by atoms with Crippen LogP contribution in [0.2, 0.25) is 15.2 Å². The fraction of sp³-hybridized carbons (Fsp3) is 0.529. The number of morpholine rings is 2. The van der Waals surface area contributed by atoms with Crippen molar-refractivity contribution in [3.05, 3.63) is 45.2 Å². The number of aromatic nitrogens is 2. The zero-order valence-electron chi connectivity index (χ0n) is 28.8. The topological polar surface area (TPSA) is 127 Å². The highest BCUT2D eigenvalue weighted by Crippen LogP contribution is 2.22. The summed E-state index contributed by atoms with van der Waals surface area (Å²) in [6, 6.07) is 6.97. The van der Waals surface area contributed by atoms with Crippen LogP contribution in [0.25, 0.3) is 0 Å². The molecule has 2 N–H and O–H groups in total. The molecule has 268 valence electrons. The molecule has 0 bridgehead atoms. The van der Waals surface area contributed by atoms with Crippen LogP contribution < -0.4 is 20.4 Å². The van der Waals surface area contributed by atoms with Gasteiger partial charge in [0.05, 0.1) is 39.5 Å². The minimum atomic E-state index is -0.529. The van der Waals surface area contributed by atoms with E-state index in [1.165, 1.54) is 0 Å². The summed E-state index contributed by atoms with van der Waals surface area (Å²) < 4.78 is 20.6. The van der Waals surface area contributed by atoms with Crippen molar-refractivity contribution in [2.24, 2.45) is 0 Å². The predicted octanol–water partition coefficient (Wildman–Crippen LogP) is 5.82. The molecule has 0 radical (unpaired) electrons. The molecule has 0 aliphatic carbocycles. The number of carbonyl (C=O) groups excluding carboxylic acids is 2. The zero-order valence-corrected chi connectivity index (χ0v) is 31.1. The Labute approximate surface area is 304 Å². The number of hydrogen-bond donors (Lipinski definition) is 2. The summed E-state index contributed by atoms with van der Waals surface area (Å²) in [6.07, 6.45) is 3.95. The van der Waals surface area contributed by atoms with Gasteiger partial charge in [0.25, 0.3) is 0 Å². The smallest absolute Gasteiger partial charge is 0.408 e. The summed E-state index contributed by atoms with van der Waals surface area (Å²) >= 11 is 17.9. The maximum atomic E-state index is 11.5. The number of amides is 2. The molecule has 2 aliphatic heterocycles. The standard InChI is InChI=1S/C17H22ClN3O3.C9H10Cl2N2O.C8H13NO2/c1-17(2,3)24-16(22)19-6-4-5-14-11-13(18)12-15(20-14)21-7-9-23-10-8-21;10-7-5-8(11)12-9(6-7)13-1-3-14-4-2-13;1-5-6-9-7(10)11-8(2,3)4/h11-12H,6-10H2,1-3H3,(H,19,22);5-6H,1-4H2;1H,6H2,2-4H3,(H,9,10). The third kappa shape index (κ3) is 18.6. The van der Waals surface area contributed by atoms with Gasteiger partial charge in [-0.1, -0.05) is 46.6 Å². The van der Waals surface area contributed by atoms with Gasteiger partial charge in [0.2, 0.25) is 0 Å². The first-order valence-corrected chi connectivity index (χ1v) is 16.7. The fourth-order valence-corrected chi connectivity index (χ4v) is 4.57. The lowest BCUT2D eigenvalue weighted by Gasteiger charge is -2.27. The van der Waals surface area contributed by atoms with Crippen LogP contribution in [0.1, 0.15) is 47.2 Å². The summed E-state index contributed by atoms with van der Waals surface area (Å²) in [5.41, 5.74) is -0.424. The van der Waals surface area contributed by atoms with E-state index in [4.69, 9.17) is 60.2 Å². The third-order valence-electron chi connectivity index (χ3n) is 5.86. The van der Waals surface area contributed by atoms with Crippen LogP contribution in [0, 0.1) is 24.2 Å². The maximum absolute atomic E-state index is 11.5. The molecule has 4 heterocycles. The molecule has 15 heteroatoms. The monoisotopic (exact) mass is 738 g/mol. The Kier molecular flexibility index (Phi) is 17.6. The first kappa shape index (κ1) is 41.5. The minimum Gasteiger partial charge on any atom is -0.444 e. The Hall–Kier alpha value is -3.65. The molecule has 49 heavy (non-hydrogen) atoms. The number of hydrogen-bond acceptors (Lipinski definition) is 10. The van der Waals surface area contributed by atoms with Crippen LogP contribution in [0.5, 0.6) is 0 Å². The predicted molar refractivity (Wildman–Crippen MR) is 194 cm³/mol. The van der Waals surface area contributed by atoms with E-state index < -0.39 is 23.4 Å². The van der Waals surface area contributed by atoms with E-state index in [0.29, 0.717) is 34.1 Å². The average molecular weight is 740 g/mol. The Morgan fingerprint density at radius 3 is 1.67 bits per heavy atom. The molecule has 0 spiro atoms.